The molecule has 0 atom stereocenters. The van der Waals surface area contributed by atoms with Gasteiger partial charge >= 0.3 is 6.18 Å². The Morgan fingerprint density at radius 1 is 1.18 bits per heavy atom. The summed E-state index contributed by atoms with van der Waals surface area (Å²) in [4.78, 5) is 18.9. The Morgan fingerprint density at radius 2 is 1.94 bits per heavy atom. The fraction of sp³-hybridized carbons (Fsp3) is 0.565. The molecule has 0 saturated carbocycles. The second kappa shape index (κ2) is 10.4. The highest BCUT2D eigenvalue weighted by molar-refractivity contribution is 6.28. The molecule has 0 aromatic carbocycles. The lowest BCUT2D eigenvalue weighted by Gasteiger charge is -2.31. The van der Waals surface area contributed by atoms with Crippen molar-refractivity contribution in [1.82, 2.24) is 29.4 Å². The van der Waals surface area contributed by atoms with Gasteiger partial charge in [-0.1, -0.05) is 13.3 Å². The molecule has 1 fully saturated rings. The number of hydrogen-bond acceptors (Lipinski definition) is 6. The second-order valence-corrected chi connectivity index (χ2v) is 9.06. The molecule has 1 saturated heterocycles. The Labute approximate surface area is 201 Å². The molecule has 4 heterocycles. The Balaban J connectivity index is 1.48. The maximum atomic E-state index is 13.9. The topological polar surface area (TPSA) is 69.0 Å². The van der Waals surface area contributed by atoms with Gasteiger partial charge in [-0.15, -0.1) is 0 Å². The molecule has 7 nitrogen and oxygen atoms in total. The van der Waals surface area contributed by atoms with E-state index in [1.54, 1.807) is 11.6 Å². The number of alkyl halides is 3. The Bertz CT molecular complexity index is 1130. The number of halogens is 4. The lowest BCUT2D eigenvalue weighted by atomic mass is 9.94. The first kappa shape index (κ1) is 24.7. The first-order chi connectivity index (χ1) is 16.3. The van der Waals surface area contributed by atoms with E-state index in [4.69, 9.17) is 16.3 Å². The molecular weight excluding hydrogens is 469 g/mol. The van der Waals surface area contributed by atoms with Crippen molar-refractivity contribution in [2.45, 2.75) is 45.2 Å². The van der Waals surface area contributed by atoms with Crippen LogP contribution in [0.25, 0.3) is 22.4 Å². The van der Waals surface area contributed by atoms with Crippen molar-refractivity contribution in [3.8, 4) is 17.1 Å². The minimum absolute atomic E-state index is 0.0827. The lowest BCUT2D eigenvalue weighted by molar-refractivity contribution is -0.139. The predicted molar refractivity (Wildman–Crippen MR) is 124 cm³/mol. The summed E-state index contributed by atoms with van der Waals surface area (Å²) in [5, 5.41) is -0.0827. The number of likely N-dealkylation sites (tertiary alicyclic amines) is 1. The van der Waals surface area contributed by atoms with Gasteiger partial charge in [-0.25, -0.2) is 15.0 Å². The zero-order valence-electron chi connectivity index (χ0n) is 19.3. The standard InChI is InChI=1S/C23H28ClF3N6O/c1-3-4-8-33-9-5-15(6-10-33)7-11-34-21-17(23(25,26)27)12-16(13-28-21)18-19-20(31-22(24)30-18)32(2)14-29-19/h12-15H,3-11H2,1-2H3. The maximum Gasteiger partial charge on any atom is 0.421 e. The monoisotopic (exact) mass is 496 g/mol. The van der Waals surface area contributed by atoms with Gasteiger partial charge in [0.2, 0.25) is 11.2 Å². The predicted octanol–water partition coefficient (Wildman–Crippen LogP) is 5.38. The summed E-state index contributed by atoms with van der Waals surface area (Å²) in [7, 11) is 1.72. The summed E-state index contributed by atoms with van der Waals surface area (Å²) in [5.74, 6) is 0.0288. The van der Waals surface area contributed by atoms with E-state index in [2.05, 4.69) is 31.8 Å². The molecule has 1 aliphatic heterocycles. The van der Waals surface area contributed by atoms with Crippen LogP contribution < -0.4 is 4.74 Å². The molecule has 184 valence electrons. The molecule has 11 heteroatoms. The maximum absolute atomic E-state index is 13.9. The zero-order valence-corrected chi connectivity index (χ0v) is 20.0. The number of fused-ring (bicyclic) bond motifs is 1. The minimum Gasteiger partial charge on any atom is -0.477 e. The Morgan fingerprint density at radius 3 is 2.65 bits per heavy atom. The van der Waals surface area contributed by atoms with Crippen molar-refractivity contribution >= 4 is 22.8 Å². The summed E-state index contributed by atoms with van der Waals surface area (Å²) < 4.78 is 48.8. The van der Waals surface area contributed by atoms with Crippen LogP contribution in [0.4, 0.5) is 13.2 Å². The number of aromatic nitrogens is 5. The number of imidazole rings is 1. The van der Waals surface area contributed by atoms with Gasteiger partial charge in [0, 0.05) is 18.8 Å². The molecule has 0 radical (unpaired) electrons. The zero-order chi connectivity index (χ0) is 24.3. The first-order valence-electron chi connectivity index (χ1n) is 11.5. The molecule has 0 amide bonds. The van der Waals surface area contributed by atoms with Gasteiger partial charge < -0.3 is 14.2 Å². The van der Waals surface area contributed by atoms with Gasteiger partial charge in [0.05, 0.1) is 12.9 Å². The fourth-order valence-electron chi connectivity index (χ4n) is 4.28. The van der Waals surface area contributed by atoms with Crippen LogP contribution in [0.2, 0.25) is 5.28 Å². The molecule has 0 spiro atoms. The number of aryl methyl sites for hydroxylation is 1. The van der Waals surface area contributed by atoms with E-state index in [-0.39, 0.29) is 23.1 Å². The van der Waals surface area contributed by atoms with Crippen molar-refractivity contribution in [2.24, 2.45) is 13.0 Å². The van der Waals surface area contributed by atoms with Gasteiger partial charge in [0.25, 0.3) is 0 Å². The average Bonchev–Trinajstić information content (AvgIpc) is 3.18. The number of pyridine rings is 1. The first-order valence-corrected chi connectivity index (χ1v) is 11.9. The van der Waals surface area contributed by atoms with Crippen LogP contribution >= 0.6 is 11.6 Å². The van der Waals surface area contributed by atoms with Gasteiger partial charge in [-0.2, -0.15) is 18.2 Å². The molecule has 3 aromatic heterocycles. The van der Waals surface area contributed by atoms with Gasteiger partial charge in [0.15, 0.2) is 5.65 Å². The van der Waals surface area contributed by atoms with E-state index >= 15 is 0 Å². The molecular formula is C23H28ClF3N6O. The summed E-state index contributed by atoms with van der Waals surface area (Å²) >= 11 is 6.01. The highest BCUT2D eigenvalue weighted by atomic mass is 35.5. The number of hydrogen-bond donors (Lipinski definition) is 0. The van der Waals surface area contributed by atoms with Crippen LogP contribution in [0.3, 0.4) is 0 Å². The molecule has 0 aliphatic carbocycles. The summed E-state index contributed by atoms with van der Waals surface area (Å²) in [6.07, 6.45) is 3.34. The molecule has 4 rings (SSSR count). The van der Waals surface area contributed by atoms with Crippen molar-refractivity contribution in [2.75, 3.05) is 26.2 Å². The van der Waals surface area contributed by atoms with Crippen LogP contribution in [0.15, 0.2) is 18.6 Å². The Hall–Kier alpha value is -2.46. The Kier molecular flexibility index (Phi) is 7.57. The van der Waals surface area contributed by atoms with E-state index in [0.29, 0.717) is 23.5 Å². The van der Waals surface area contributed by atoms with Gasteiger partial charge in [0.1, 0.15) is 16.8 Å². The van der Waals surface area contributed by atoms with Crippen LogP contribution in [0.5, 0.6) is 5.88 Å². The largest absolute Gasteiger partial charge is 0.477 e. The molecule has 3 aromatic rings. The second-order valence-electron chi connectivity index (χ2n) is 8.72. The van der Waals surface area contributed by atoms with Gasteiger partial charge in [-0.05, 0) is 68.9 Å². The molecule has 1 aliphatic rings. The quantitative estimate of drug-likeness (QED) is 0.390. The number of rotatable bonds is 8. The molecule has 0 bridgehead atoms. The van der Waals surface area contributed by atoms with Crippen molar-refractivity contribution in [3.63, 3.8) is 0 Å². The van der Waals surface area contributed by atoms with Gasteiger partial charge in [-0.3, -0.25) is 0 Å². The third kappa shape index (κ3) is 5.60. The average molecular weight is 497 g/mol. The minimum atomic E-state index is -4.64. The van der Waals surface area contributed by atoms with Crippen LogP contribution in [0.1, 0.15) is 44.6 Å². The van der Waals surface area contributed by atoms with Crippen molar-refractivity contribution in [1.29, 1.82) is 0 Å². The molecule has 34 heavy (non-hydrogen) atoms. The van der Waals surface area contributed by atoms with E-state index in [0.717, 1.165) is 38.5 Å². The van der Waals surface area contributed by atoms with Crippen LogP contribution in [-0.2, 0) is 13.2 Å². The van der Waals surface area contributed by atoms with Crippen LogP contribution in [-0.4, -0.2) is 55.6 Å². The number of nitrogens with zero attached hydrogens (tertiary/aromatic N) is 6. The summed E-state index contributed by atoms with van der Waals surface area (Å²) in [6, 6.07) is 0.987. The summed E-state index contributed by atoms with van der Waals surface area (Å²) in [6.45, 7) is 5.57. The highest BCUT2D eigenvalue weighted by Crippen LogP contribution is 2.38. The SMILES string of the molecule is CCCCN1CCC(CCOc2ncc(-c3nc(Cl)nc4c3ncn4C)cc2C(F)(F)F)CC1. The van der Waals surface area contributed by atoms with Crippen molar-refractivity contribution in [3.05, 3.63) is 29.4 Å². The highest BCUT2D eigenvalue weighted by Gasteiger charge is 2.36. The van der Waals surface area contributed by atoms with E-state index in [1.807, 2.05) is 0 Å². The smallest absolute Gasteiger partial charge is 0.421 e. The van der Waals surface area contributed by atoms with E-state index in [1.165, 1.54) is 25.4 Å². The summed E-state index contributed by atoms with van der Waals surface area (Å²) in [5.41, 5.74) is 0.158. The normalized spacial score (nSPS) is 15.8. The molecule has 0 N–H and O–H groups in total. The van der Waals surface area contributed by atoms with E-state index < -0.39 is 17.6 Å². The third-order valence-electron chi connectivity index (χ3n) is 6.26. The van der Waals surface area contributed by atoms with E-state index in [9.17, 15) is 13.2 Å². The molecule has 0 unspecified atom stereocenters. The fourth-order valence-corrected chi connectivity index (χ4v) is 4.45. The van der Waals surface area contributed by atoms with Crippen LogP contribution in [0, 0.1) is 5.92 Å². The van der Waals surface area contributed by atoms with Crippen molar-refractivity contribution < 1.29 is 17.9 Å². The number of piperidine rings is 1. The lowest BCUT2D eigenvalue weighted by Crippen LogP contribution is -2.34. The number of unbranched alkanes of at least 4 members (excludes halogenated alkanes) is 1. The number of ether oxygens (including phenoxy) is 1. The third-order valence-corrected chi connectivity index (χ3v) is 6.43.